The van der Waals surface area contributed by atoms with E-state index >= 15 is 0 Å². The maximum atomic E-state index is 13.2. The number of carbonyl (C=O) groups excluding carboxylic acids is 1. The van der Waals surface area contributed by atoms with E-state index in [4.69, 9.17) is 4.98 Å². The number of aromatic nitrogens is 4. The highest BCUT2D eigenvalue weighted by molar-refractivity contribution is 5.79. The van der Waals surface area contributed by atoms with Gasteiger partial charge in [0.1, 0.15) is 0 Å². The van der Waals surface area contributed by atoms with E-state index in [2.05, 4.69) is 29.2 Å². The number of likely N-dealkylation sites (tertiary alicyclic amines) is 1. The largest absolute Gasteiger partial charge is 0.332 e. The summed E-state index contributed by atoms with van der Waals surface area (Å²) in [7, 11) is 0. The first-order chi connectivity index (χ1) is 13.5. The SMILES string of the molecule is Cc1nn(C[C@@H](C)C(=O)N2CCC[C@H]2c2ncc3c(n2)CCNC3)c(C)c1C. The van der Waals surface area contributed by atoms with Crippen LogP contribution >= 0.6 is 0 Å². The molecule has 2 aliphatic heterocycles. The lowest BCUT2D eigenvalue weighted by Crippen LogP contribution is -2.37. The van der Waals surface area contributed by atoms with Gasteiger partial charge in [-0.2, -0.15) is 5.10 Å². The summed E-state index contributed by atoms with van der Waals surface area (Å²) in [4.78, 5) is 24.7. The van der Waals surface area contributed by atoms with Gasteiger partial charge >= 0.3 is 0 Å². The fraction of sp³-hybridized carbons (Fsp3) is 0.619. The maximum absolute atomic E-state index is 13.2. The Morgan fingerprint density at radius 3 is 2.93 bits per heavy atom. The third-order valence-corrected chi connectivity index (χ3v) is 6.27. The fourth-order valence-corrected chi connectivity index (χ4v) is 4.30. The van der Waals surface area contributed by atoms with Gasteiger partial charge in [0.05, 0.1) is 24.2 Å². The zero-order valence-electron chi connectivity index (χ0n) is 17.3. The van der Waals surface area contributed by atoms with E-state index in [1.807, 2.05) is 29.6 Å². The van der Waals surface area contributed by atoms with Crippen molar-refractivity contribution in [3.05, 3.63) is 40.2 Å². The summed E-state index contributed by atoms with van der Waals surface area (Å²) < 4.78 is 1.97. The average Bonchev–Trinajstić information content (AvgIpc) is 3.28. The second-order valence-corrected chi connectivity index (χ2v) is 8.20. The summed E-state index contributed by atoms with van der Waals surface area (Å²) in [5.41, 5.74) is 5.69. The number of amides is 1. The van der Waals surface area contributed by atoms with Crippen LogP contribution in [0.3, 0.4) is 0 Å². The van der Waals surface area contributed by atoms with Gasteiger partial charge in [-0.15, -0.1) is 0 Å². The van der Waals surface area contributed by atoms with E-state index in [0.717, 1.165) is 61.8 Å². The lowest BCUT2D eigenvalue weighted by molar-refractivity contribution is -0.136. The molecule has 2 atom stereocenters. The quantitative estimate of drug-likeness (QED) is 0.878. The Labute approximate surface area is 166 Å². The summed E-state index contributed by atoms with van der Waals surface area (Å²) in [6.07, 6.45) is 4.81. The lowest BCUT2D eigenvalue weighted by Gasteiger charge is -2.27. The minimum absolute atomic E-state index is 0.00248. The topological polar surface area (TPSA) is 75.9 Å². The molecule has 1 N–H and O–H groups in total. The number of rotatable bonds is 4. The number of nitrogens with zero attached hydrogens (tertiary/aromatic N) is 5. The molecule has 4 rings (SSSR count). The molecule has 1 saturated heterocycles. The van der Waals surface area contributed by atoms with E-state index in [9.17, 15) is 4.79 Å². The number of hydrogen-bond acceptors (Lipinski definition) is 5. The second kappa shape index (κ2) is 7.62. The molecule has 0 radical (unpaired) electrons. The molecule has 28 heavy (non-hydrogen) atoms. The molecule has 7 heteroatoms. The predicted molar refractivity (Wildman–Crippen MR) is 107 cm³/mol. The van der Waals surface area contributed by atoms with Gasteiger partial charge in [0.25, 0.3) is 0 Å². The molecule has 4 heterocycles. The molecule has 0 aliphatic carbocycles. The van der Waals surface area contributed by atoms with Crippen molar-refractivity contribution < 1.29 is 4.79 Å². The van der Waals surface area contributed by atoms with E-state index in [1.165, 1.54) is 11.1 Å². The van der Waals surface area contributed by atoms with Crippen LogP contribution < -0.4 is 5.32 Å². The molecule has 0 bridgehead atoms. The Morgan fingerprint density at radius 1 is 1.36 bits per heavy atom. The molecule has 1 fully saturated rings. The van der Waals surface area contributed by atoms with Crippen LogP contribution in [0.4, 0.5) is 0 Å². The van der Waals surface area contributed by atoms with Crippen molar-refractivity contribution in [1.82, 2.24) is 30.0 Å². The van der Waals surface area contributed by atoms with Crippen LogP contribution in [-0.4, -0.2) is 43.6 Å². The van der Waals surface area contributed by atoms with Crippen molar-refractivity contribution in [2.45, 2.75) is 66.1 Å². The lowest BCUT2D eigenvalue weighted by atomic mass is 10.1. The molecular weight excluding hydrogens is 352 g/mol. The molecule has 1 amide bonds. The minimum Gasteiger partial charge on any atom is -0.332 e. The van der Waals surface area contributed by atoms with Gasteiger partial charge in [0.2, 0.25) is 5.91 Å². The number of carbonyl (C=O) groups is 1. The molecule has 0 saturated carbocycles. The van der Waals surface area contributed by atoms with Crippen molar-refractivity contribution in [3.8, 4) is 0 Å². The molecule has 0 spiro atoms. The van der Waals surface area contributed by atoms with Gasteiger partial charge in [0.15, 0.2) is 5.82 Å². The second-order valence-electron chi connectivity index (χ2n) is 8.20. The number of hydrogen-bond donors (Lipinski definition) is 1. The predicted octanol–water partition coefficient (Wildman–Crippen LogP) is 2.24. The first-order valence-corrected chi connectivity index (χ1v) is 10.3. The van der Waals surface area contributed by atoms with Crippen LogP contribution in [0.25, 0.3) is 0 Å². The first kappa shape index (κ1) is 19.1. The summed E-state index contributed by atoms with van der Waals surface area (Å²) in [6.45, 7) is 11.4. The van der Waals surface area contributed by atoms with Crippen LogP contribution in [0, 0.1) is 26.7 Å². The van der Waals surface area contributed by atoms with Crippen molar-refractivity contribution in [1.29, 1.82) is 0 Å². The Kier molecular flexibility index (Phi) is 5.19. The molecule has 2 aromatic rings. The summed E-state index contributed by atoms with van der Waals surface area (Å²) >= 11 is 0. The van der Waals surface area contributed by atoms with Crippen LogP contribution in [0.2, 0.25) is 0 Å². The molecule has 2 aliphatic rings. The average molecular weight is 383 g/mol. The van der Waals surface area contributed by atoms with E-state index in [0.29, 0.717) is 6.54 Å². The highest BCUT2D eigenvalue weighted by Crippen LogP contribution is 2.32. The van der Waals surface area contributed by atoms with Crippen molar-refractivity contribution in [3.63, 3.8) is 0 Å². The van der Waals surface area contributed by atoms with E-state index < -0.39 is 0 Å². The monoisotopic (exact) mass is 382 g/mol. The Balaban J connectivity index is 1.51. The number of nitrogens with one attached hydrogen (secondary N) is 1. The van der Waals surface area contributed by atoms with Crippen molar-refractivity contribution in [2.75, 3.05) is 13.1 Å². The molecule has 7 nitrogen and oxygen atoms in total. The first-order valence-electron chi connectivity index (χ1n) is 10.3. The van der Waals surface area contributed by atoms with Gasteiger partial charge in [-0.1, -0.05) is 6.92 Å². The smallest absolute Gasteiger partial charge is 0.227 e. The Bertz CT molecular complexity index is 889. The zero-order chi connectivity index (χ0) is 19.8. The Hall–Kier alpha value is -2.28. The molecule has 0 unspecified atom stereocenters. The van der Waals surface area contributed by atoms with E-state index in [1.54, 1.807) is 0 Å². The van der Waals surface area contributed by atoms with Crippen LogP contribution in [0.5, 0.6) is 0 Å². The highest BCUT2D eigenvalue weighted by Gasteiger charge is 2.34. The van der Waals surface area contributed by atoms with Gasteiger partial charge in [-0.05, 0) is 39.2 Å². The van der Waals surface area contributed by atoms with Gasteiger partial charge in [0, 0.05) is 49.2 Å². The van der Waals surface area contributed by atoms with Gasteiger partial charge < -0.3 is 10.2 Å². The third-order valence-electron chi connectivity index (χ3n) is 6.27. The molecule has 0 aromatic carbocycles. The normalized spacial score (nSPS) is 20.3. The number of aryl methyl sites for hydroxylation is 1. The highest BCUT2D eigenvalue weighted by atomic mass is 16.2. The van der Waals surface area contributed by atoms with Crippen LogP contribution in [0.1, 0.15) is 59.8 Å². The fourth-order valence-electron chi connectivity index (χ4n) is 4.30. The zero-order valence-corrected chi connectivity index (χ0v) is 17.3. The summed E-state index contributed by atoms with van der Waals surface area (Å²) in [5, 5.41) is 7.95. The van der Waals surface area contributed by atoms with Gasteiger partial charge in [-0.3, -0.25) is 9.48 Å². The summed E-state index contributed by atoms with van der Waals surface area (Å²) in [5.74, 6) is 0.858. The minimum atomic E-state index is -0.125. The summed E-state index contributed by atoms with van der Waals surface area (Å²) in [6, 6.07) is -0.00248. The van der Waals surface area contributed by atoms with Gasteiger partial charge in [-0.25, -0.2) is 9.97 Å². The molecule has 150 valence electrons. The van der Waals surface area contributed by atoms with Crippen LogP contribution in [-0.2, 0) is 24.3 Å². The van der Waals surface area contributed by atoms with Crippen molar-refractivity contribution >= 4 is 5.91 Å². The third kappa shape index (κ3) is 3.43. The van der Waals surface area contributed by atoms with E-state index in [-0.39, 0.29) is 17.9 Å². The number of fused-ring (bicyclic) bond motifs is 1. The molecular formula is C21H30N6O. The van der Waals surface area contributed by atoms with Crippen molar-refractivity contribution in [2.24, 2.45) is 5.92 Å². The van der Waals surface area contributed by atoms with Crippen LogP contribution in [0.15, 0.2) is 6.20 Å². The maximum Gasteiger partial charge on any atom is 0.227 e. The standard InChI is InChI=1S/C21H30N6O/c1-13(12-27-16(4)14(2)15(3)25-27)21(28)26-9-5-6-19(26)20-23-11-17-10-22-8-7-18(17)24-20/h11,13,19,22H,5-10,12H2,1-4H3/t13-,19+/m1/s1. The Morgan fingerprint density at radius 2 is 2.18 bits per heavy atom. The molecule has 2 aromatic heterocycles.